The van der Waals surface area contributed by atoms with Gasteiger partial charge >= 0.3 is 0 Å². The van der Waals surface area contributed by atoms with Crippen LogP contribution in [0.4, 0.5) is 11.5 Å². The quantitative estimate of drug-likeness (QED) is 0.909. The summed E-state index contributed by atoms with van der Waals surface area (Å²) in [6, 6.07) is 6.81. The van der Waals surface area contributed by atoms with Gasteiger partial charge in [-0.3, -0.25) is 9.59 Å². The fourth-order valence-corrected chi connectivity index (χ4v) is 1.69. The van der Waals surface area contributed by atoms with E-state index in [9.17, 15) is 9.59 Å². The van der Waals surface area contributed by atoms with Crippen molar-refractivity contribution in [3.05, 3.63) is 47.4 Å². The van der Waals surface area contributed by atoms with Crippen molar-refractivity contribution < 1.29 is 9.59 Å². The Bertz CT molecular complexity index is 660. The lowest BCUT2D eigenvalue weighted by Gasteiger charge is -2.09. The van der Waals surface area contributed by atoms with Crippen molar-refractivity contribution in [1.29, 1.82) is 0 Å². The molecule has 0 saturated carbocycles. The lowest BCUT2D eigenvalue weighted by atomic mass is 10.3. The highest BCUT2D eigenvalue weighted by molar-refractivity contribution is 6.33. The number of para-hydroxylation sites is 1. The number of aromatic nitrogens is 2. The fraction of sp³-hybridized carbons (Fsp3) is 0.0769. The van der Waals surface area contributed by atoms with Gasteiger partial charge in [-0.05, 0) is 12.1 Å². The average molecular weight is 291 g/mol. The lowest BCUT2D eigenvalue weighted by Crippen LogP contribution is -2.19. The minimum absolute atomic E-state index is 0.0163. The SMILES string of the molecule is CC(=O)Nc1nccnc1C(=O)Nc1ccccc1Cl. The number of carbonyl (C=O) groups is 2. The zero-order chi connectivity index (χ0) is 14.5. The molecular weight excluding hydrogens is 280 g/mol. The van der Waals surface area contributed by atoms with Crippen LogP contribution in [0.25, 0.3) is 0 Å². The molecule has 1 heterocycles. The zero-order valence-corrected chi connectivity index (χ0v) is 11.3. The fourth-order valence-electron chi connectivity index (χ4n) is 1.51. The van der Waals surface area contributed by atoms with Crippen LogP contribution in [0.1, 0.15) is 17.4 Å². The van der Waals surface area contributed by atoms with Crippen LogP contribution < -0.4 is 10.6 Å². The van der Waals surface area contributed by atoms with Gasteiger partial charge in [0.2, 0.25) is 5.91 Å². The van der Waals surface area contributed by atoms with E-state index >= 15 is 0 Å². The Morgan fingerprint density at radius 2 is 1.80 bits per heavy atom. The zero-order valence-electron chi connectivity index (χ0n) is 10.6. The molecule has 0 unspecified atom stereocenters. The number of anilines is 2. The van der Waals surface area contributed by atoms with Gasteiger partial charge in [-0.15, -0.1) is 0 Å². The highest BCUT2D eigenvalue weighted by atomic mass is 35.5. The summed E-state index contributed by atoms with van der Waals surface area (Å²) in [7, 11) is 0. The smallest absolute Gasteiger partial charge is 0.278 e. The van der Waals surface area contributed by atoms with Crippen LogP contribution in [0.3, 0.4) is 0 Å². The van der Waals surface area contributed by atoms with Crippen LogP contribution in [0.2, 0.25) is 5.02 Å². The van der Waals surface area contributed by atoms with Gasteiger partial charge in [0.1, 0.15) is 0 Å². The van der Waals surface area contributed by atoms with E-state index in [1.54, 1.807) is 24.3 Å². The van der Waals surface area contributed by atoms with Crippen LogP contribution >= 0.6 is 11.6 Å². The number of amides is 2. The molecule has 2 aromatic rings. The van der Waals surface area contributed by atoms with E-state index < -0.39 is 5.91 Å². The second kappa shape index (κ2) is 6.12. The minimum Gasteiger partial charge on any atom is -0.319 e. The van der Waals surface area contributed by atoms with E-state index in [0.717, 1.165) is 0 Å². The molecule has 0 fully saturated rings. The van der Waals surface area contributed by atoms with Crippen molar-refractivity contribution in [3.8, 4) is 0 Å². The van der Waals surface area contributed by atoms with Crippen LogP contribution in [0.5, 0.6) is 0 Å². The monoisotopic (exact) mass is 290 g/mol. The van der Waals surface area contributed by atoms with Crippen molar-refractivity contribution in [2.75, 3.05) is 10.6 Å². The number of benzene rings is 1. The van der Waals surface area contributed by atoms with Gasteiger partial charge in [0, 0.05) is 19.3 Å². The maximum absolute atomic E-state index is 12.1. The van der Waals surface area contributed by atoms with Crippen LogP contribution in [-0.2, 0) is 4.79 Å². The summed E-state index contributed by atoms with van der Waals surface area (Å²) in [5.74, 6) is -0.739. The lowest BCUT2D eigenvalue weighted by molar-refractivity contribution is -0.114. The molecule has 6 nitrogen and oxygen atoms in total. The standard InChI is InChI=1S/C13H11ClN4O2/c1-8(19)17-12-11(15-6-7-16-12)13(20)18-10-5-3-2-4-9(10)14/h2-7H,1H3,(H,18,20)(H,16,17,19). The van der Waals surface area contributed by atoms with Crippen LogP contribution in [0.15, 0.2) is 36.7 Å². The van der Waals surface area contributed by atoms with Gasteiger partial charge in [0.25, 0.3) is 5.91 Å². The van der Waals surface area contributed by atoms with Gasteiger partial charge in [0.05, 0.1) is 10.7 Å². The van der Waals surface area contributed by atoms with Gasteiger partial charge in [-0.25, -0.2) is 9.97 Å². The first-order chi connectivity index (χ1) is 9.58. The number of hydrogen-bond acceptors (Lipinski definition) is 4. The maximum atomic E-state index is 12.1. The third-order valence-electron chi connectivity index (χ3n) is 2.33. The number of rotatable bonds is 3. The van der Waals surface area contributed by atoms with E-state index in [1.807, 2.05) is 0 Å². The number of nitrogens with one attached hydrogen (secondary N) is 2. The van der Waals surface area contributed by atoms with Crippen molar-refractivity contribution in [2.24, 2.45) is 0 Å². The van der Waals surface area contributed by atoms with Crippen molar-refractivity contribution in [3.63, 3.8) is 0 Å². The molecule has 0 spiro atoms. The molecule has 0 aliphatic heterocycles. The first-order valence-electron chi connectivity index (χ1n) is 5.72. The first kappa shape index (κ1) is 14.0. The molecule has 0 atom stereocenters. The summed E-state index contributed by atoms with van der Waals surface area (Å²) < 4.78 is 0. The molecular formula is C13H11ClN4O2. The van der Waals surface area contributed by atoms with E-state index in [4.69, 9.17) is 11.6 Å². The van der Waals surface area contributed by atoms with Gasteiger partial charge in [-0.2, -0.15) is 0 Å². The molecule has 0 aliphatic rings. The molecule has 1 aromatic heterocycles. The Hall–Kier alpha value is -2.47. The molecule has 20 heavy (non-hydrogen) atoms. The Morgan fingerprint density at radius 3 is 2.50 bits per heavy atom. The summed E-state index contributed by atoms with van der Waals surface area (Å²) in [4.78, 5) is 31.1. The third kappa shape index (κ3) is 3.30. The summed E-state index contributed by atoms with van der Waals surface area (Å²) in [6.45, 7) is 1.32. The second-order valence-electron chi connectivity index (χ2n) is 3.87. The normalized spacial score (nSPS) is 9.90. The van der Waals surface area contributed by atoms with Crippen molar-refractivity contribution in [2.45, 2.75) is 6.92 Å². The Balaban J connectivity index is 2.26. The second-order valence-corrected chi connectivity index (χ2v) is 4.28. The molecule has 102 valence electrons. The Labute approximate surface area is 120 Å². The van der Waals surface area contributed by atoms with E-state index in [0.29, 0.717) is 10.7 Å². The van der Waals surface area contributed by atoms with E-state index in [2.05, 4.69) is 20.6 Å². The van der Waals surface area contributed by atoms with Gasteiger partial charge in [-0.1, -0.05) is 23.7 Å². The Kier molecular flexibility index (Phi) is 4.27. The molecule has 2 rings (SSSR count). The summed E-state index contributed by atoms with van der Waals surface area (Å²) in [5, 5.41) is 5.47. The van der Waals surface area contributed by atoms with Gasteiger partial charge in [0.15, 0.2) is 11.5 Å². The van der Waals surface area contributed by atoms with E-state index in [-0.39, 0.29) is 17.4 Å². The highest BCUT2D eigenvalue weighted by Gasteiger charge is 2.16. The maximum Gasteiger partial charge on any atom is 0.278 e. The number of hydrogen-bond donors (Lipinski definition) is 2. The summed E-state index contributed by atoms with van der Waals surface area (Å²) >= 11 is 5.96. The largest absolute Gasteiger partial charge is 0.319 e. The molecule has 7 heteroatoms. The molecule has 2 N–H and O–H groups in total. The van der Waals surface area contributed by atoms with Crippen molar-refractivity contribution in [1.82, 2.24) is 9.97 Å². The number of carbonyl (C=O) groups excluding carboxylic acids is 2. The van der Waals surface area contributed by atoms with Gasteiger partial charge < -0.3 is 10.6 Å². The van der Waals surface area contributed by atoms with Crippen LogP contribution in [-0.4, -0.2) is 21.8 Å². The summed E-state index contributed by atoms with van der Waals surface area (Å²) in [6.07, 6.45) is 2.75. The highest BCUT2D eigenvalue weighted by Crippen LogP contribution is 2.21. The number of halogens is 1. The number of nitrogens with zero attached hydrogens (tertiary/aromatic N) is 2. The average Bonchev–Trinajstić information content (AvgIpc) is 2.41. The predicted molar refractivity (Wildman–Crippen MR) is 75.7 cm³/mol. The molecule has 0 radical (unpaired) electrons. The third-order valence-corrected chi connectivity index (χ3v) is 2.66. The molecule has 0 bridgehead atoms. The Morgan fingerprint density at radius 1 is 1.10 bits per heavy atom. The predicted octanol–water partition coefficient (Wildman–Crippen LogP) is 2.34. The summed E-state index contributed by atoms with van der Waals surface area (Å²) in [5.41, 5.74) is 0.473. The molecule has 0 aliphatic carbocycles. The first-order valence-corrected chi connectivity index (χ1v) is 6.10. The minimum atomic E-state index is -0.505. The molecule has 1 aromatic carbocycles. The van der Waals surface area contributed by atoms with Crippen LogP contribution in [0, 0.1) is 0 Å². The molecule has 0 saturated heterocycles. The topological polar surface area (TPSA) is 84.0 Å². The molecule has 2 amide bonds. The van der Waals surface area contributed by atoms with Crippen molar-refractivity contribution >= 4 is 34.9 Å². The van der Waals surface area contributed by atoms with E-state index in [1.165, 1.54) is 19.3 Å².